The second-order valence-electron chi connectivity index (χ2n) is 2.97. The first-order valence-electron chi connectivity index (χ1n) is 4.06. The van der Waals surface area contributed by atoms with Crippen molar-refractivity contribution in [2.75, 3.05) is 11.5 Å². The molecule has 6 heteroatoms. The Morgan fingerprint density at radius 1 is 1.29 bits per heavy atom. The second-order valence-corrected chi connectivity index (χ2v) is 2.97. The standard InChI is InChI=1S/C8H10N6/c1-14-8(11-12-13-14)6-3-2-5(9)4-7(6)10/h2-4H,9-10H2,1H3. The predicted octanol–water partition coefficient (Wildman–Crippen LogP) is 0.0415. The lowest BCUT2D eigenvalue weighted by molar-refractivity contribution is 0.715. The molecule has 0 saturated heterocycles. The van der Waals surface area contributed by atoms with E-state index in [4.69, 9.17) is 11.5 Å². The summed E-state index contributed by atoms with van der Waals surface area (Å²) >= 11 is 0. The molecule has 72 valence electrons. The fraction of sp³-hybridized carbons (Fsp3) is 0.125. The maximum Gasteiger partial charge on any atom is 0.183 e. The third kappa shape index (κ3) is 1.26. The van der Waals surface area contributed by atoms with Crippen LogP contribution in [0, 0.1) is 0 Å². The summed E-state index contributed by atoms with van der Waals surface area (Å²) in [7, 11) is 1.76. The quantitative estimate of drug-likeness (QED) is 0.619. The Balaban J connectivity index is 2.58. The summed E-state index contributed by atoms with van der Waals surface area (Å²) in [6.45, 7) is 0. The number of anilines is 2. The molecule has 0 saturated carbocycles. The Morgan fingerprint density at radius 2 is 2.07 bits per heavy atom. The monoisotopic (exact) mass is 190 g/mol. The first kappa shape index (κ1) is 8.49. The minimum Gasteiger partial charge on any atom is -0.399 e. The minimum atomic E-state index is 0.572. The molecule has 0 bridgehead atoms. The topological polar surface area (TPSA) is 95.6 Å². The van der Waals surface area contributed by atoms with Gasteiger partial charge in [-0.25, -0.2) is 4.68 Å². The van der Waals surface area contributed by atoms with Gasteiger partial charge in [0.15, 0.2) is 5.82 Å². The van der Waals surface area contributed by atoms with E-state index in [1.807, 2.05) is 0 Å². The van der Waals surface area contributed by atoms with Gasteiger partial charge in [0, 0.05) is 24.0 Å². The molecule has 1 aromatic heterocycles. The van der Waals surface area contributed by atoms with Crippen molar-refractivity contribution in [1.82, 2.24) is 20.2 Å². The molecule has 14 heavy (non-hydrogen) atoms. The first-order valence-corrected chi connectivity index (χ1v) is 4.06. The van der Waals surface area contributed by atoms with E-state index in [1.165, 1.54) is 0 Å². The van der Waals surface area contributed by atoms with E-state index >= 15 is 0 Å². The van der Waals surface area contributed by atoms with Crippen LogP contribution in [-0.2, 0) is 7.05 Å². The molecule has 2 aromatic rings. The average molecular weight is 190 g/mol. The number of benzene rings is 1. The summed E-state index contributed by atoms with van der Waals surface area (Å²) in [5.41, 5.74) is 13.4. The van der Waals surface area contributed by atoms with E-state index in [0.717, 1.165) is 5.56 Å². The van der Waals surface area contributed by atoms with E-state index in [0.29, 0.717) is 17.2 Å². The Hall–Kier alpha value is -2.11. The van der Waals surface area contributed by atoms with E-state index in [1.54, 1.807) is 29.9 Å². The summed E-state index contributed by atoms with van der Waals surface area (Å²) in [4.78, 5) is 0. The summed E-state index contributed by atoms with van der Waals surface area (Å²) in [6, 6.07) is 5.25. The van der Waals surface area contributed by atoms with Gasteiger partial charge in [-0.2, -0.15) is 0 Å². The zero-order valence-corrected chi connectivity index (χ0v) is 7.68. The van der Waals surface area contributed by atoms with Crippen LogP contribution >= 0.6 is 0 Å². The van der Waals surface area contributed by atoms with E-state index in [-0.39, 0.29) is 0 Å². The van der Waals surface area contributed by atoms with Crippen LogP contribution in [0.1, 0.15) is 0 Å². The van der Waals surface area contributed by atoms with Gasteiger partial charge in [-0.05, 0) is 28.6 Å². The maximum atomic E-state index is 5.79. The van der Waals surface area contributed by atoms with Crippen molar-refractivity contribution in [1.29, 1.82) is 0 Å². The molecule has 0 aliphatic carbocycles. The molecule has 4 N–H and O–H groups in total. The van der Waals surface area contributed by atoms with Crippen molar-refractivity contribution >= 4 is 11.4 Å². The highest BCUT2D eigenvalue weighted by atomic mass is 15.5. The van der Waals surface area contributed by atoms with Crippen LogP contribution < -0.4 is 11.5 Å². The Bertz CT molecular complexity index is 461. The molecular formula is C8H10N6. The van der Waals surface area contributed by atoms with Gasteiger partial charge < -0.3 is 11.5 Å². The fourth-order valence-electron chi connectivity index (χ4n) is 1.24. The normalized spacial score (nSPS) is 10.4. The lowest BCUT2D eigenvalue weighted by atomic mass is 10.1. The highest BCUT2D eigenvalue weighted by Gasteiger charge is 2.08. The molecule has 1 aromatic carbocycles. The summed E-state index contributed by atoms with van der Waals surface area (Å²) in [6.07, 6.45) is 0. The number of nitrogens with zero attached hydrogens (tertiary/aromatic N) is 4. The molecular weight excluding hydrogens is 180 g/mol. The summed E-state index contributed by atoms with van der Waals surface area (Å²) in [5.74, 6) is 0.627. The highest BCUT2D eigenvalue weighted by molar-refractivity contribution is 5.74. The van der Waals surface area contributed by atoms with Crippen molar-refractivity contribution in [3.05, 3.63) is 18.2 Å². The second kappa shape index (κ2) is 2.99. The largest absolute Gasteiger partial charge is 0.399 e. The van der Waals surface area contributed by atoms with Crippen LogP contribution in [0.15, 0.2) is 18.2 Å². The number of nitrogen functional groups attached to an aromatic ring is 2. The molecule has 6 nitrogen and oxygen atoms in total. The molecule has 0 unspecified atom stereocenters. The number of aromatic nitrogens is 4. The lowest BCUT2D eigenvalue weighted by Crippen LogP contribution is -1.99. The molecule has 0 radical (unpaired) electrons. The van der Waals surface area contributed by atoms with Gasteiger partial charge in [0.2, 0.25) is 0 Å². The maximum absolute atomic E-state index is 5.79. The van der Waals surface area contributed by atoms with Crippen molar-refractivity contribution in [3.63, 3.8) is 0 Å². The van der Waals surface area contributed by atoms with Crippen molar-refractivity contribution in [3.8, 4) is 11.4 Å². The van der Waals surface area contributed by atoms with E-state index in [2.05, 4.69) is 15.5 Å². The van der Waals surface area contributed by atoms with E-state index < -0.39 is 0 Å². The van der Waals surface area contributed by atoms with Crippen molar-refractivity contribution in [2.24, 2.45) is 7.05 Å². The summed E-state index contributed by atoms with van der Waals surface area (Å²) in [5, 5.41) is 11.1. The number of tetrazole rings is 1. The molecule has 1 heterocycles. The lowest BCUT2D eigenvalue weighted by Gasteiger charge is -2.03. The molecule has 0 aliphatic heterocycles. The molecule has 0 amide bonds. The average Bonchev–Trinajstić information content (AvgIpc) is 2.52. The predicted molar refractivity (Wildman–Crippen MR) is 53.1 cm³/mol. The van der Waals surface area contributed by atoms with Crippen LogP contribution in [0.3, 0.4) is 0 Å². The number of hydrogen-bond donors (Lipinski definition) is 2. The number of aryl methyl sites for hydroxylation is 1. The molecule has 0 spiro atoms. The molecule has 0 fully saturated rings. The number of rotatable bonds is 1. The van der Waals surface area contributed by atoms with Crippen LogP contribution in [0.4, 0.5) is 11.4 Å². The third-order valence-electron chi connectivity index (χ3n) is 1.94. The van der Waals surface area contributed by atoms with Gasteiger partial charge in [-0.1, -0.05) is 0 Å². The van der Waals surface area contributed by atoms with Crippen molar-refractivity contribution in [2.45, 2.75) is 0 Å². The SMILES string of the molecule is Cn1nnnc1-c1ccc(N)cc1N. The zero-order chi connectivity index (χ0) is 10.1. The van der Waals surface area contributed by atoms with Gasteiger partial charge >= 0.3 is 0 Å². The number of nitrogens with two attached hydrogens (primary N) is 2. The van der Waals surface area contributed by atoms with Crippen LogP contribution in [-0.4, -0.2) is 20.2 Å². The Labute approximate surface area is 80.5 Å². The minimum absolute atomic E-state index is 0.572. The smallest absolute Gasteiger partial charge is 0.183 e. The van der Waals surface area contributed by atoms with Gasteiger partial charge in [-0.3, -0.25) is 0 Å². The molecule has 2 rings (SSSR count). The third-order valence-corrected chi connectivity index (χ3v) is 1.94. The Kier molecular flexibility index (Phi) is 1.81. The first-order chi connectivity index (χ1) is 6.68. The van der Waals surface area contributed by atoms with Crippen LogP contribution in [0.5, 0.6) is 0 Å². The highest BCUT2D eigenvalue weighted by Crippen LogP contribution is 2.24. The zero-order valence-electron chi connectivity index (χ0n) is 7.68. The van der Waals surface area contributed by atoms with Gasteiger partial charge in [0.1, 0.15) is 0 Å². The van der Waals surface area contributed by atoms with Crippen LogP contribution in [0.2, 0.25) is 0 Å². The van der Waals surface area contributed by atoms with E-state index in [9.17, 15) is 0 Å². The Morgan fingerprint density at radius 3 is 2.64 bits per heavy atom. The van der Waals surface area contributed by atoms with Gasteiger partial charge in [-0.15, -0.1) is 5.10 Å². The van der Waals surface area contributed by atoms with Crippen molar-refractivity contribution < 1.29 is 0 Å². The molecule has 0 atom stereocenters. The van der Waals surface area contributed by atoms with Crippen LogP contribution in [0.25, 0.3) is 11.4 Å². The fourth-order valence-corrected chi connectivity index (χ4v) is 1.24. The molecule has 0 aliphatic rings. The number of hydrogen-bond acceptors (Lipinski definition) is 5. The van der Waals surface area contributed by atoms with Gasteiger partial charge in [0.25, 0.3) is 0 Å². The van der Waals surface area contributed by atoms with Gasteiger partial charge in [0.05, 0.1) is 0 Å². The summed E-state index contributed by atoms with van der Waals surface area (Å²) < 4.78 is 1.56.